The number of amides is 1. The number of nitrogens with two attached hydrogens (primary N) is 1. The van der Waals surface area contributed by atoms with Crippen molar-refractivity contribution in [2.45, 2.75) is 32.7 Å². The van der Waals surface area contributed by atoms with Crippen LogP contribution in [0.5, 0.6) is 0 Å². The second kappa shape index (κ2) is 6.52. The molecule has 0 spiro atoms. The second-order valence-electron chi connectivity index (χ2n) is 4.86. The molecule has 1 heterocycles. The summed E-state index contributed by atoms with van der Waals surface area (Å²) in [5.41, 5.74) is 8.52. The molecule has 0 saturated carbocycles. The van der Waals surface area contributed by atoms with Gasteiger partial charge in [0.05, 0.1) is 6.04 Å². The highest BCUT2D eigenvalue weighted by molar-refractivity contribution is 7.09. The number of nitrogen functional groups attached to an aromatic ring is 1. The molecule has 0 fully saturated rings. The lowest BCUT2D eigenvalue weighted by atomic mass is 10.1. The molecule has 1 amide bonds. The van der Waals surface area contributed by atoms with E-state index in [1.54, 1.807) is 11.3 Å². The van der Waals surface area contributed by atoms with Crippen LogP contribution in [0.1, 0.15) is 35.7 Å². The van der Waals surface area contributed by atoms with Crippen LogP contribution in [0.3, 0.4) is 0 Å². The molecule has 0 radical (unpaired) electrons. The van der Waals surface area contributed by atoms with Crippen molar-refractivity contribution in [3.63, 3.8) is 0 Å². The number of hydrogen-bond donors (Lipinski definition) is 2. The minimum Gasteiger partial charge on any atom is -0.399 e. The minimum absolute atomic E-state index is 0.0350. The summed E-state index contributed by atoms with van der Waals surface area (Å²) in [4.78, 5) is 16.3. The van der Waals surface area contributed by atoms with E-state index in [4.69, 9.17) is 5.73 Å². The first kappa shape index (κ1) is 14.5. The zero-order valence-electron chi connectivity index (χ0n) is 11.7. The van der Waals surface area contributed by atoms with Crippen LogP contribution in [-0.4, -0.2) is 10.9 Å². The Morgan fingerprint density at radius 1 is 1.50 bits per heavy atom. The zero-order valence-corrected chi connectivity index (χ0v) is 12.5. The van der Waals surface area contributed by atoms with Gasteiger partial charge < -0.3 is 11.1 Å². The maximum absolute atomic E-state index is 11.9. The van der Waals surface area contributed by atoms with Crippen molar-refractivity contribution in [1.29, 1.82) is 0 Å². The molecular formula is C15H19N3OS. The molecule has 0 bridgehead atoms. The fourth-order valence-corrected chi connectivity index (χ4v) is 2.76. The van der Waals surface area contributed by atoms with Gasteiger partial charge in [-0.2, -0.15) is 0 Å². The molecule has 106 valence electrons. The molecular weight excluding hydrogens is 270 g/mol. The van der Waals surface area contributed by atoms with E-state index in [0.29, 0.717) is 12.8 Å². The Bertz CT molecular complexity index is 594. The minimum atomic E-state index is -0.0398. The zero-order chi connectivity index (χ0) is 14.5. The number of aromatic nitrogens is 1. The number of carbonyl (C=O) groups excluding carboxylic acids is 1. The van der Waals surface area contributed by atoms with Crippen molar-refractivity contribution in [3.05, 3.63) is 45.9 Å². The molecule has 0 saturated heterocycles. The molecule has 20 heavy (non-hydrogen) atoms. The summed E-state index contributed by atoms with van der Waals surface area (Å²) in [6.45, 7) is 3.91. The third-order valence-electron chi connectivity index (χ3n) is 2.98. The van der Waals surface area contributed by atoms with Crippen molar-refractivity contribution in [2.24, 2.45) is 0 Å². The van der Waals surface area contributed by atoms with Crippen LogP contribution in [0.25, 0.3) is 0 Å². The van der Waals surface area contributed by atoms with Gasteiger partial charge in [0, 0.05) is 23.2 Å². The number of nitrogens with one attached hydrogen (secondary N) is 1. The Morgan fingerprint density at radius 3 is 2.95 bits per heavy atom. The number of anilines is 1. The van der Waals surface area contributed by atoms with Gasteiger partial charge in [-0.15, -0.1) is 11.3 Å². The van der Waals surface area contributed by atoms with Gasteiger partial charge in [-0.05, 0) is 38.0 Å². The van der Waals surface area contributed by atoms with Crippen molar-refractivity contribution in [2.75, 3.05) is 5.73 Å². The smallest absolute Gasteiger partial charge is 0.220 e. The van der Waals surface area contributed by atoms with E-state index in [1.807, 2.05) is 43.5 Å². The molecule has 0 aliphatic rings. The Hall–Kier alpha value is -1.88. The molecule has 4 nitrogen and oxygen atoms in total. The summed E-state index contributed by atoms with van der Waals surface area (Å²) >= 11 is 1.57. The molecule has 0 aliphatic heterocycles. The number of thiazole rings is 1. The highest BCUT2D eigenvalue weighted by atomic mass is 32.1. The average molecular weight is 289 g/mol. The fraction of sp³-hybridized carbons (Fsp3) is 0.333. The highest BCUT2D eigenvalue weighted by Gasteiger charge is 2.12. The maximum atomic E-state index is 11.9. The van der Waals surface area contributed by atoms with Crippen molar-refractivity contribution < 1.29 is 4.79 Å². The standard InChI is InChI=1S/C15H19N3OS/c1-10-9-20-15(17-10)11(2)18-14(19)7-6-12-4-3-5-13(16)8-12/h3-5,8-9,11H,6-7,16H2,1-2H3,(H,18,19). The summed E-state index contributed by atoms with van der Waals surface area (Å²) < 4.78 is 0. The van der Waals surface area contributed by atoms with E-state index in [9.17, 15) is 4.79 Å². The van der Waals surface area contributed by atoms with E-state index < -0.39 is 0 Å². The summed E-state index contributed by atoms with van der Waals surface area (Å²) in [5, 5.41) is 5.91. The van der Waals surface area contributed by atoms with Gasteiger partial charge in [-0.1, -0.05) is 12.1 Å². The molecule has 1 aromatic heterocycles. The van der Waals surface area contributed by atoms with E-state index in [-0.39, 0.29) is 11.9 Å². The first-order valence-electron chi connectivity index (χ1n) is 6.60. The quantitative estimate of drug-likeness (QED) is 0.832. The SMILES string of the molecule is Cc1csc(C(C)NC(=O)CCc2cccc(N)c2)n1. The normalized spacial score (nSPS) is 12.1. The Kier molecular flexibility index (Phi) is 4.74. The fourth-order valence-electron chi connectivity index (χ4n) is 1.95. The summed E-state index contributed by atoms with van der Waals surface area (Å²) in [6, 6.07) is 7.60. The lowest BCUT2D eigenvalue weighted by molar-refractivity contribution is -0.121. The van der Waals surface area contributed by atoms with Crippen LogP contribution in [0.15, 0.2) is 29.6 Å². The largest absolute Gasteiger partial charge is 0.399 e. The van der Waals surface area contributed by atoms with Gasteiger partial charge >= 0.3 is 0 Å². The van der Waals surface area contributed by atoms with Gasteiger partial charge in [-0.25, -0.2) is 4.98 Å². The van der Waals surface area contributed by atoms with Gasteiger partial charge in [0.15, 0.2) is 0 Å². The molecule has 1 aromatic carbocycles. The lowest BCUT2D eigenvalue weighted by Gasteiger charge is -2.11. The van der Waals surface area contributed by atoms with Crippen molar-refractivity contribution >= 4 is 22.9 Å². The molecule has 2 rings (SSSR count). The van der Waals surface area contributed by atoms with Crippen LogP contribution in [-0.2, 0) is 11.2 Å². The number of benzene rings is 1. The molecule has 5 heteroatoms. The van der Waals surface area contributed by atoms with Gasteiger partial charge in [0.2, 0.25) is 5.91 Å². The van der Waals surface area contributed by atoms with E-state index in [2.05, 4.69) is 10.3 Å². The Labute approximate surface area is 123 Å². The number of nitrogens with zero attached hydrogens (tertiary/aromatic N) is 1. The summed E-state index contributed by atoms with van der Waals surface area (Å²) in [5.74, 6) is 0.0350. The summed E-state index contributed by atoms with van der Waals surface area (Å²) in [7, 11) is 0. The van der Waals surface area contributed by atoms with Crippen LogP contribution in [0.4, 0.5) is 5.69 Å². The Balaban J connectivity index is 1.83. The Morgan fingerprint density at radius 2 is 2.30 bits per heavy atom. The number of carbonyl (C=O) groups is 1. The first-order valence-corrected chi connectivity index (χ1v) is 7.48. The first-order chi connectivity index (χ1) is 9.54. The van der Waals surface area contributed by atoms with Crippen molar-refractivity contribution in [1.82, 2.24) is 10.3 Å². The third kappa shape index (κ3) is 4.06. The maximum Gasteiger partial charge on any atom is 0.220 e. The second-order valence-corrected chi connectivity index (χ2v) is 5.75. The predicted molar refractivity (Wildman–Crippen MR) is 82.6 cm³/mol. The highest BCUT2D eigenvalue weighted by Crippen LogP contribution is 2.17. The van der Waals surface area contributed by atoms with Gasteiger partial charge in [0.25, 0.3) is 0 Å². The van der Waals surface area contributed by atoms with Crippen LogP contribution >= 0.6 is 11.3 Å². The molecule has 1 atom stereocenters. The van der Waals surface area contributed by atoms with Crippen molar-refractivity contribution in [3.8, 4) is 0 Å². The van der Waals surface area contributed by atoms with Crippen LogP contribution < -0.4 is 11.1 Å². The molecule has 2 aromatic rings. The third-order valence-corrected chi connectivity index (χ3v) is 4.12. The summed E-state index contributed by atoms with van der Waals surface area (Å²) in [6.07, 6.45) is 1.15. The number of aryl methyl sites for hydroxylation is 2. The lowest BCUT2D eigenvalue weighted by Crippen LogP contribution is -2.26. The van der Waals surface area contributed by atoms with E-state index in [1.165, 1.54) is 0 Å². The molecule has 3 N–H and O–H groups in total. The predicted octanol–water partition coefficient (Wildman–Crippen LogP) is 2.84. The van der Waals surface area contributed by atoms with Crippen LogP contribution in [0, 0.1) is 6.92 Å². The number of rotatable bonds is 5. The van der Waals surface area contributed by atoms with Crippen LogP contribution in [0.2, 0.25) is 0 Å². The van der Waals surface area contributed by atoms with E-state index in [0.717, 1.165) is 22.0 Å². The topological polar surface area (TPSA) is 68.0 Å². The molecule has 0 aliphatic carbocycles. The average Bonchev–Trinajstić information content (AvgIpc) is 2.83. The molecule has 1 unspecified atom stereocenters. The van der Waals surface area contributed by atoms with Gasteiger partial charge in [-0.3, -0.25) is 4.79 Å². The van der Waals surface area contributed by atoms with Gasteiger partial charge in [0.1, 0.15) is 5.01 Å². The monoisotopic (exact) mass is 289 g/mol. The van der Waals surface area contributed by atoms with E-state index >= 15 is 0 Å². The number of hydrogen-bond acceptors (Lipinski definition) is 4.